The van der Waals surface area contributed by atoms with E-state index in [1.807, 2.05) is 66.1 Å². The van der Waals surface area contributed by atoms with Crippen LogP contribution >= 0.6 is 0 Å². The minimum Gasteiger partial charge on any atom is -0.344 e. The molecule has 3 heterocycles. The van der Waals surface area contributed by atoms with Gasteiger partial charge in [0, 0.05) is 31.4 Å². The van der Waals surface area contributed by atoms with E-state index in [-0.39, 0.29) is 29.7 Å². The van der Waals surface area contributed by atoms with Crippen molar-refractivity contribution in [2.45, 2.75) is 69.9 Å². The lowest BCUT2D eigenvalue weighted by molar-refractivity contribution is -0.138. The molecular weight excluding hydrogens is 476 g/mol. The van der Waals surface area contributed by atoms with Crippen molar-refractivity contribution in [3.63, 3.8) is 0 Å². The van der Waals surface area contributed by atoms with Crippen LogP contribution in [0.25, 0.3) is 0 Å². The molecular formula is C31H40N4O3. The fourth-order valence-corrected chi connectivity index (χ4v) is 6.24. The number of nitrogens with zero attached hydrogens (tertiary/aromatic N) is 2. The number of fused-ring (bicyclic) bond motifs is 1. The zero-order valence-electron chi connectivity index (χ0n) is 22.6. The van der Waals surface area contributed by atoms with Crippen LogP contribution < -0.4 is 15.5 Å². The maximum absolute atomic E-state index is 13.7. The second kappa shape index (κ2) is 11.3. The highest BCUT2D eigenvalue weighted by atomic mass is 16.2. The van der Waals surface area contributed by atoms with Crippen molar-refractivity contribution in [2.75, 3.05) is 31.1 Å². The molecule has 0 radical (unpaired) electrons. The molecule has 3 amide bonds. The summed E-state index contributed by atoms with van der Waals surface area (Å²) in [5.74, 6) is 0.00802. The van der Waals surface area contributed by atoms with Crippen LogP contribution in [0.2, 0.25) is 0 Å². The van der Waals surface area contributed by atoms with Crippen molar-refractivity contribution in [2.24, 2.45) is 5.92 Å². The number of nitrogens with one attached hydrogen (secondary N) is 2. The van der Waals surface area contributed by atoms with Crippen molar-refractivity contribution in [1.82, 2.24) is 15.5 Å². The van der Waals surface area contributed by atoms with Gasteiger partial charge in [0.15, 0.2) is 0 Å². The van der Waals surface area contributed by atoms with Crippen molar-refractivity contribution in [3.05, 3.63) is 65.7 Å². The molecule has 0 aromatic heterocycles. The summed E-state index contributed by atoms with van der Waals surface area (Å²) >= 11 is 0. The highest BCUT2D eigenvalue weighted by Gasteiger charge is 2.47. The van der Waals surface area contributed by atoms with Crippen molar-refractivity contribution < 1.29 is 14.4 Å². The second-order valence-corrected chi connectivity index (χ2v) is 11.5. The lowest BCUT2D eigenvalue weighted by Gasteiger charge is -2.39. The average Bonchev–Trinajstić information content (AvgIpc) is 3.16. The Morgan fingerprint density at radius 2 is 1.74 bits per heavy atom. The fraction of sp³-hybridized carbons (Fsp3) is 0.516. The summed E-state index contributed by atoms with van der Waals surface area (Å²) in [6.45, 7) is 6.76. The van der Waals surface area contributed by atoms with Gasteiger partial charge in [0.2, 0.25) is 17.7 Å². The summed E-state index contributed by atoms with van der Waals surface area (Å²) in [4.78, 5) is 44.1. The number of anilines is 1. The molecule has 2 fully saturated rings. The van der Waals surface area contributed by atoms with E-state index >= 15 is 0 Å². The van der Waals surface area contributed by atoms with Gasteiger partial charge < -0.3 is 20.4 Å². The number of para-hydroxylation sites is 1. The smallest absolute Gasteiger partial charge is 0.245 e. The maximum atomic E-state index is 13.7. The predicted octanol–water partition coefficient (Wildman–Crippen LogP) is 3.42. The van der Waals surface area contributed by atoms with Gasteiger partial charge >= 0.3 is 0 Å². The van der Waals surface area contributed by atoms with Crippen molar-refractivity contribution >= 4 is 23.4 Å². The van der Waals surface area contributed by atoms with E-state index in [2.05, 4.69) is 22.8 Å². The molecule has 2 aromatic rings. The first-order chi connectivity index (χ1) is 18.4. The van der Waals surface area contributed by atoms with Crippen LogP contribution in [0.5, 0.6) is 0 Å². The molecule has 0 bridgehead atoms. The van der Waals surface area contributed by atoms with Crippen LogP contribution in [0.1, 0.15) is 57.1 Å². The Hall–Kier alpha value is -3.19. The van der Waals surface area contributed by atoms with Gasteiger partial charge in [0.1, 0.15) is 6.04 Å². The number of hydrogen-bond donors (Lipinski definition) is 2. The van der Waals surface area contributed by atoms with Gasteiger partial charge in [-0.2, -0.15) is 0 Å². The third kappa shape index (κ3) is 5.35. The molecule has 38 heavy (non-hydrogen) atoms. The zero-order valence-corrected chi connectivity index (χ0v) is 22.6. The zero-order chi connectivity index (χ0) is 26.7. The first-order valence-corrected chi connectivity index (χ1v) is 14.1. The lowest BCUT2D eigenvalue weighted by Crippen LogP contribution is -2.55. The Morgan fingerprint density at radius 3 is 2.45 bits per heavy atom. The number of hydrogen-bond acceptors (Lipinski definition) is 4. The third-order valence-electron chi connectivity index (χ3n) is 8.58. The van der Waals surface area contributed by atoms with Crippen LogP contribution in [0.15, 0.2) is 54.6 Å². The van der Waals surface area contributed by atoms with Crippen LogP contribution in [-0.4, -0.2) is 60.9 Å². The van der Waals surface area contributed by atoms with Gasteiger partial charge in [0.05, 0.1) is 11.3 Å². The normalized spacial score (nSPS) is 22.2. The SMILES string of the molecule is CC1(C)C(=O)N(C2CCN(C(=O)[C@H](CCc3ccccc3)NC(=O)[C@@H]3CCCNC3)CC2)c2ccccc21. The van der Waals surface area contributed by atoms with Crippen LogP contribution in [-0.2, 0) is 26.2 Å². The van der Waals surface area contributed by atoms with Gasteiger partial charge in [-0.1, -0.05) is 48.5 Å². The number of rotatable bonds is 7. The highest BCUT2D eigenvalue weighted by Crippen LogP contribution is 2.43. The molecule has 0 saturated carbocycles. The molecule has 7 nitrogen and oxygen atoms in total. The van der Waals surface area contributed by atoms with E-state index < -0.39 is 11.5 Å². The van der Waals surface area contributed by atoms with E-state index in [9.17, 15) is 14.4 Å². The first-order valence-electron chi connectivity index (χ1n) is 14.1. The van der Waals surface area contributed by atoms with Gasteiger partial charge in [-0.05, 0) is 76.1 Å². The maximum Gasteiger partial charge on any atom is 0.245 e. The fourth-order valence-electron chi connectivity index (χ4n) is 6.24. The Labute approximate surface area is 226 Å². The quantitative estimate of drug-likeness (QED) is 0.591. The average molecular weight is 517 g/mol. The van der Waals surface area contributed by atoms with E-state index in [4.69, 9.17) is 0 Å². The minimum absolute atomic E-state index is 0.00928. The Kier molecular flexibility index (Phi) is 7.84. The number of benzene rings is 2. The molecule has 3 aliphatic rings. The van der Waals surface area contributed by atoms with Crippen LogP contribution in [0.3, 0.4) is 0 Å². The number of amides is 3. The van der Waals surface area contributed by atoms with Gasteiger partial charge in [-0.3, -0.25) is 14.4 Å². The number of carbonyl (C=O) groups is 3. The van der Waals surface area contributed by atoms with Gasteiger partial charge in [-0.25, -0.2) is 0 Å². The standard InChI is InChI=1S/C31H40N4O3/c1-31(2)25-12-6-7-13-27(25)35(30(31)38)24-16-19-34(20-17-24)29(37)26(15-14-22-9-4-3-5-10-22)33-28(36)23-11-8-18-32-21-23/h3-7,9-10,12-13,23-24,26,32H,8,11,14-21H2,1-2H3,(H,33,36)/t23-,26+/m1/s1. The predicted molar refractivity (Wildman–Crippen MR) is 149 cm³/mol. The monoisotopic (exact) mass is 516 g/mol. The van der Waals surface area contributed by atoms with Gasteiger partial charge in [0.25, 0.3) is 0 Å². The Balaban J connectivity index is 1.25. The molecule has 3 aliphatic heterocycles. The third-order valence-corrected chi connectivity index (χ3v) is 8.58. The van der Waals surface area contributed by atoms with E-state index in [1.54, 1.807) is 0 Å². The number of aryl methyl sites for hydroxylation is 1. The summed E-state index contributed by atoms with van der Waals surface area (Å²) in [5.41, 5.74) is 2.70. The van der Waals surface area contributed by atoms with E-state index in [0.29, 0.717) is 26.1 Å². The molecule has 5 rings (SSSR count). The second-order valence-electron chi connectivity index (χ2n) is 11.5. The summed E-state index contributed by atoms with van der Waals surface area (Å²) in [6.07, 6.45) is 4.59. The van der Waals surface area contributed by atoms with Crippen molar-refractivity contribution in [1.29, 1.82) is 0 Å². The molecule has 7 heteroatoms. The molecule has 2 N–H and O–H groups in total. The molecule has 202 valence electrons. The molecule has 2 atom stereocenters. The van der Waals surface area contributed by atoms with Crippen LogP contribution in [0, 0.1) is 5.92 Å². The topological polar surface area (TPSA) is 81.8 Å². The highest BCUT2D eigenvalue weighted by molar-refractivity contribution is 6.08. The Bertz CT molecular complexity index is 1150. The summed E-state index contributed by atoms with van der Waals surface area (Å²) in [5, 5.41) is 6.42. The van der Waals surface area contributed by atoms with Crippen LogP contribution in [0.4, 0.5) is 5.69 Å². The first kappa shape index (κ1) is 26.4. The number of likely N-dealkylation sites (tertiary alicyclic amines) is 1. The molecule has 2 aromatic carbocycles. The molecule has 2 saturated heterocycles. The Morgan fingerprint density at radius 1 is 1.03 bits per heavy atom. The summed E-state index contributed by atoms with van der Waals surface area (Å²) in [7, 11) is 0. The molecule has 0 spiro atoms. The van der Waals surface area contributed by atoms with E-state index in [0.717, 1.165) is 55.5 Å². The molecule has 0 unspecified atom stereocenters. The lowest BCUT2D eigenvalue weighted by atomic mass is 9.86. The summed E-state index contributed by atoms with van der Waals surface area (Å²) < 4.78 is 0. The largest absolute Gasteiger partial charge is 0.344 e. The number of carbonyl (C=O) groups excluding carboxylic acids is 3. The van der Waals surface area contributed by atoms with E-state index in [1.165, 1.54) is 0 Å². The number of piperidine rings is 2. The van der Waals surface area contributed by atoms with Gasteiger partial charge in [-0.15, -0.1) is 0 Å². The van der Waals surface area contributed by atoms with Crippen molar-refractivity contribution in [3.8, 4) is 0 Å². The summed E-state index contributed by atoms with van der Waals surface area (Å²) in [6, 6.07) is 17.7. The minimum atomic E-state index is -0.547. The molecule has 0 aliphatic carbocycles.